The lowest BCUT2D eigenvalue weighted by molar-refractivity contribution is -0.122. The molecule has 3 rings (SSSR count). The van der Waals surface area contributed by atoms with Gasteiger partial charge in [-0.3, -0.25) is 4.79 Å². The van der Waals surface area contributed by atoms with Crippen LogP contribution in [0.15, 0.2) is 29.3 Å². The molecule has 0 heterocycles. The molecule has 9 nitrogen and oxygen atoms in total. The fourth-order valence-corrected chi connectivity index (χ4v) is 24.6. The first-order chi connectivity index (χ1) is 16.1. The number of Topliss-reactive ketones (excluding diaryl/α,β-unsaturated/α-hetero) is 1. The number of carbonyl (C=O) groups is 1. The van der Waals surface area contributed by atoms with Gasteiger partial charge in [0.15, 0.2) is 30.6 Å². The van der Waals surface area contributed by atoms with Gasteiger partial charge in [0.05, 0.1) is 18.8 Å². The van der Waals surface area contributed by atoms with Crippen molar-refractivity contribution in [2.75, 3.05) is 33.8 Å². The minimum atomic E-state index is -4.67. The van der Waals surface area contributed by atoms with Crippen molar-refractivity contribution in [3.8, 4) is 5.75 Å². The van der Waals surface area contributed by atoms with E-state index in [4.69, 9.17) is 18.6 Å². The topological polar surface area (TPSA) is 122 Å². The summed E-state index contributed by atoms with van der Waals surface area (Å²) < 4.78 is 76.3. The van der Waals surface area contributed by atoms with Crippen LogP contribution in [-0.2, 0) is 43.7 Å². The van der Waals surface area contributed by atoms with E-state index in [-0.39, 0.29) is 23.7 Å². The van der Waals surface area contributed by atoms with Crippen LogP contribution >= 0.6 is 0 Å². The molecular formula is C23H34O9S2Si. The van der Waals surface area contributed by atoms with Gasteiger partial charge in [-0.1, -0.05) is 32.9 Å². The fraction of sp³-hybridized carbons (Fsp3) is 0.609. The zero-order valence-electron chi connectivity index (χ0n) is 21.4. The largest absolute Gasteiger partial charge is 0.496 e. The molecule has 2 aliphatic carbocycles. The fourth-order valence-electron chi connectivity index (χ4n) is 5.63. The third kappa shape index (κ3) is 4.42. The molecule has 2 aliphatic rings. The van der Waals surface area contributed by atoms with Gasteiger partial charge >= 0.3 is 6.62 Å². The van der Waals surface area contributed by atoms with E-state index in [1.165, 1.54) is 21.3 Å². The lowest BCUT2D eigenvalue weighted by Gasteiger charge is -2.43. The Morgan fingerprint density at radius 1 is 0.971 bits per heavy atom. The third-order valence-corrected chi connectivity index (χ3v) is 26.6. The molecule has 1 aromatic rings. The molecule has 1 aromatic carbocycles. The first-order valence-corrected chi connectivity index (χ1v) is 18.2. The Labute approximate surface area is 208 Å². The number of ether oxygens (including phenoxy) is 3. The van der Waals surface area contributed by atoms with Crippen LogP contribution in [-0.4, -0.2) is 69.4 Å². The number of benzene rings is 1. The van der Waals surface area contributed by atoms with Crippen molar-refractivity contribution in [3.63, 3.8) is 0 Å². The average Bonchev–Trinajstić information content (AvgIpc) is 3.04. The minimum Gasteiger partial charge on any atom is -0.496 e. The lowest BCUT2D eigenvalue weighted by Crippen LogP contribution is -2.61. The molecule has 0 saturated carbocycles. The summed E-state index contributed by atoms with van der Waals surface area (Å²) in [5.74, 6) is 0.0125. The summed E-state index contributed by atoms with van der Waals surface area (Å²) in [7, 11) is -4.12. The summed E-state index contributed by atoms with van der Waals surface area (Å²) in [6, 6.07) is 5.26. The second kappa shape index (κ2) is 9.38. The number of hydrogen-bond acceptors (Lipinski definition) is 9. The van der Waals surface area contributed by atoms with Crippen LogP contribution in [0.1, 0.15) is 44.4 Å². The maximum Gasteiger partial charge on any atom is 0.462 e. The Bertz CT molecular complexity index is 1220. The number of hydrogen-bond donors (Lipinski definition) is 0. The Morgan fingerprint density at radius 3 is 2.00 bits per heavy atom. The second-order valence-corrected chi connectivity index (χ2v) is 24.7. The Hall–Kier alpha value is -1.57. The summed E-state index contributed by atoms with van der Waals surface area (Å²) >= 11 is 0. The van der Waals surface area contributed by atoms with Crippen LogP contribution in [0.5, 0.6) is 5.75 Å². The predicted octanol–water partition coefficient (Wildman–Crippen LogP) is 2.64. The molecule has 0 N–H and O–H groups in total. The van der Waals surface area contributed by atoms with Gasteiger partial charge in [0.25, 0.3) is 0 Å². The molecule has 0 amide bonds. The molecule has 0 aliphatic heterocycles. The maximum atomic E-state index is 13.3. The highest BCUT2D eigenvalue weighted by Gasteiger charge is 2.67. The average molecular weight is 547 g/mol. The van der Waals surface area contributed by atoms with Gasteiger partial charge in [0, 0.05) is 43.8 Å². The third-order valence-electron chi connectivity index (χ3n) is 6.72. The maximum absolute atomic E-state index is 13.3. The highest BCUT2D eigenvalue weighted by atomic mass is 32.6. The summed E-state index contributed by atoms with van der Waals surface area (Å²) in [6.45, 7) is 0.0235. The number of fused-ring (bicyclic) bond motifs is 2. The first-order valence-electron chi connectivity index (χ1n) is 11.1. The van der Waals surface area contributed by atoms with E-state index in [9.17, 15) is 21.6 Å². The van der Waals surface area contributed by atoms with E-state index in [0.717, 1.165) is 18.1 Å². The summed E-state index contributed by atoms with van der Waals surface area (Å²) in [5.41, 5.74) is 2.09. The summed E-state index contributed by atoms with van der Waals surface area (Å²) in [4.78, 5) is 13.2. The van der Waals surface area contributed by atoms with Crippen molar-refractivity contribution >= 4 is 31.0 Å². The first kappa shape index (κ1) is 28.0. The van der Waals surface area contributed by atoms with Crippen LogP contribution in [0.25, 0.3) is 0 Å². The predicted molar refractivity (Wildman–Crippen MR) is 134 cm³/mol. The number of rotatable bonds is 8. The normalized spacial score (nSPS) is 21.3. The number of methoxy groups -OCH3 is 3. The Kier molecular flexibility index (Phi) is 7.51. The zero-order chi connectivity index (χ0) is 26.6. The Balaban J connectivity index is 2.44. The molecular weight excluding hydrogens is 512 g/mol. The lowest BCUT2D eigenvalue weighted by atomic mass is 9.78. The molecule has 2 atom stereocenters. The molecule has 0 spiro atoms. The molecule has 0 unspecified atom stereocenters. The van der Waals surface area contributed by atoms with Gasteiger partial charge in [-0.25, -0.2) is 16.8 Å². The van der Waals surface area contributed by atoms with Gasteiger partial charge < -0.3 is 18.6 Å². The van der Waals surface area contributed by atoms with Crippen molar-refractivity contribution < 1.29 is 40.3 Å². The van der Waals surface area contributed by atoms with Crippen LogP contribution in [0.4, 0.5) is 0 Å². The summed E-state index contributed by atoms with van der Waals surface area (Å²) in [5, 5.41) is -1.24. The van der Waals surface area contributed by atoms with E-state index >= 15 is 0 Å². The van der Waals surface area contributed by atoms with Crippen molar-refractivity contribution in [2.24, 2.45) is 5.92 Å². The van der Waals surface area contributed by atoms with Gasteiger partial charge in [-0.15, -0.1) is 0 Å². The van der Waals surface area contributed by atoms with Gasteiger partial charge in [-0.05, 0) is 29.5 Å². The van der Waals surface area contributed by atoms with Crippen molar-refractivity contribution in [1.29, 1.82) is 0 Å². The molecule has 196 valence electrons. The Morgan fingerprint density at radius 2 is 1.54 bits per heavy atom. The van der Waals surface area contributed by atoms with Gasteiger partial charge in [0.1, 0.15) is 5.75 Å². The highest BCUT2D eigenvalue weighted by molar-refractivity contribution is 8.50. The van der Waals surface area contributed by atoms with Crippen LogP contribution in [0, 0.1) is 5.92 Å². The number of carbonyl (C=O) groups excluding carboxylic acids is 1. The van der Waals surface area contributed by atoms with Crippen LogP contribution < -0.4 is 4.74 Å². The van der Waals surface area contributed by atoms with E-state index in [1.54, 1.807) is 39.0 Å². The standard InChI is InChI=1S/C23H34O9S2Si/c1-23(2,3)35(33(7,25)26,34(8,27)28)32-21-15-10-9-11-18(29-4)16(15)12-14-13-17(24)20(19(14)21)22(30-5)31-6/h9-11,14,21-22H,12-13H2,1-8H3/t14-,21+/m0/s1. The molecule has 35 heavy (non-hydrogen) atoms. The monoisotopic (exact) mass is 546 g/mol. The zero-order valence-corrected chi connectivity index (χ0v) is 24.0. The molecule has 0 fully saturated rings. The molecule has 0 bridgehead atoms. The van der Waals surface area contributed by atoms with E-state index in [2.05, 4.69) is 0 Å². The van der Waals surface area contributed by atoms with Crippen LogP contribution in [0.2, 0.25) is 5.04 Å². The smallest absolute Gasteiger partial charge is 0.462 e. The number of ketones is 1. The van der Waals surface area contributed by atoms with Gasteiger partial charge in [0.2, 0.25) is 0 Å². The van der Waals surface area contributed by atoms with Crippen molar-refractivity contribution in [1.82, 2.24) is 0 Å². The van der Waals surface area contributed by atoms with E-state index in [0.29, 0.717) is 23.3 Å². The second-order valence-electron chi connectivity index (χ2n) is 10.1. The highest BCUT2D eigenvalue weighted by Crippen LogP contribution is 2.54. The van der Waals surface area contributed by atoms with Crippen molar-refractivity contribution in [3.05, 3.63) is 40.5 Å². The minimum absolute atomic E-state index is 0.146. The molecule has 12 heteroatoms. The summed E-state index contributed by atoms with van der Waals surface area (Å²) in [6.07, 6.45) is 0.325. The van der Waals surface area contributed by atoms with E-state index < -0.39 is 42.6 Å². The van der Waals surface area contributed by atoms with E-state index in [1.807, 2.05) is 0 Å². The van der Waals surface area contributed by atoms with Crippen LogP contribution in [0.3, 0.4) is 0 Å². The molecule has 0 radical (unpaired) electrons. The quantitative estimate of drug-likeness (QED) is 0.358. The SMILES string of the molecule is COc1cccc2c1C[C@H]1CC(=O)C(C(OC)OC)=C1[C@@H]2O[Si](C(C)(C)C)(S(C)(=O)=O)S(C)(=O)=O. The molecule has 0 aromatic heterocycles. The van der Waals surface area contributed by atoms with Gasteiger partial charge in [-0.2, -0.15) is 0 Å². The molecule has 0 saturated heterocycles. The van der Waals surface area contributed by atoms with Crippen molar-refractivity contribution in [2.45, 2.75) is 51.0 Å².